The number of benzene rings is 1. The lowest BCUT2D eigenvalue weighted by Crippen LogP contribution is -2.40. The van der Waals surface area contributed by atoms with Crippen molar-refractivity contribution in [2.75, 3.05) is 34.0 Å². The molecule has 3 atom stereocenters. The first-order valence-corrected chi connectivity index (χ1v) is 10.8. The third-order valence-corrected chi connectivity index (χ3v) is 7.40. The van der Waals surface area contributed by atoms with Crippen LogP contribution in [0.15, 0.2) is 23.8 Å². The molecule has 4 nitrogen and oxygen atoms in total. The second kappa shape index (κ2) is 8.56. The molecule has 0 saturated heterocycles. The molecule has 4 heteroatoms. The maximum Gasteiger partial charge on any atom is 0.119 e. The first-order chi connectivity index (χ1) is 13.7. The molecule has 0 aliphatic heterocycles. The number of fused-ring (bicyclic) bond motifs is 4. The van der Waals surface area contributed by atoms with E-state index in [9.17, 15) is 5.11 Å². The summed E-state index contributed by atoms with van der Waals surface area (Å²) < 4.78 is 16.2. The zero-order valence-corrected chi connectivity index (χ0v) is 17.3. The number of aryl methyl sites for hydroxylation is 1. The van der Waals surface area contributed by atoms with Gasteiger partial charge in [0.15, 0.2) is 0 Å². The maximum atomic E-state index is 11.0. The van der Waals surface area contributed by atoms with Gasteiger partial charge in [0.2, 0.25) is 0 Å². The van der Waals surface area contributed by atoms with Crippen molar-refractivity contribution in [2.24, 2.45) is 11.3 Å². The van der Waals surface area contributed by atoms with Crippen molar-refractivity contribution < 1.29 is 19.3 Å². The number of hydrogen-bond acceptors (Lipinski definition) is 4. The predicted octanol–water partition coefficient (Wildman–Crippen LogP) is 4.39. The predicted molar refractivity (Wildman–Crippen MR) is 111 cm³/mol. The van der Waals surface area contributed by atoms with Crippen molar-refractivity contribution in [3.05, 3.63) is 34.9 Å². The molecule has 154 valence electrons. The molecule has 3 aliphatic rings. The van der Waals surface area contributed by atoms with Gasteiger partial charge < -0.3 is 19.3 Å². The highest BCUT2D eigenvalue weighted by molar-refractivity contribution is 5.75. The first-order valence-electron chi connectivity index (χ1n) is 10.8. The van der Waals surface area contributed by atoms with Crippen LogP contribution in [0.5, 0.6) is 5.75 Å². The summed E-state index contributed by atoms with van der Waals surface area (Å²) in [5.74, 6) is 1.50. The van der Waals surface area contributed by atoms with Crippen LogP contribution in [-0.2, 0) is 15.9 Å². The van der Waals surface area contributed by atoms with Crippen LogP contribution in [0.1, 0.15) is 56.1 Å². The highest BCUT2D eigenvalue weighted by Gasteiger charge is 2.52. The van der Waals surface area contributed by atoms with Crippen molar-refractivity contribution >= 4 is 5.57 Å². The maximum absolute atomic E-state index is 11.0. The van der Waals surface area contributed by atoms with Crippen LogP contribution >= 0.6 is 0 Å². The van der Waals surface area contributed by atoms with Crippen LogP contribution in [0.2, 0.25) is 0 Å². The molecule has 1 aromatic carbocycles. The van der Waals surface area contributed by atoms with Gasteiger partial charge in [-0.25, -0.2) is 0 Å². The molecular formula is C24H34O4. The number of aliphatic hydroxyl groups is 1. The van der Waals surface area contributed by atoms with Gasteiger partial charge in [-0.15, -0.1) is 0 Å². The largest absolute Gasteiger partial charge is 0.497 e. The van der Waals surface area contributed by atoms with E-state index in [0.29, 0.717) is 19.1 Å². The van der Waals surface area contributed by atoms with Crippen LogP contribution < -0.4 is 4.74 Å². The molecular weight excluding hydrogens is 352 g/mol. The van der Waals surface area contributed by atoms with E-state index >= 15 is 0 Å². The fraction of sp³-hybridized carbons (Fsp3) is 0.667. The Kier molecular flexibility index (Phi) is 6.10. The highest BCUT2D eigenvalue weighted by atomic mass is 16.5. The number of ether oxygens (including phenoxy) is 3. The lowest BCUT2D eigenvalue weighted by molar-refractivity contribution is 0.00342. The molecule has 1 saturated carbocycles. The molecule has 0 bridgehead atoms. The number of hydrogen-bond donors (Lipinski definition) is 1. The Labute approximate surface area is 168 Å². The second-order valence-electron chi connectivity index (χ2n) is 8.61. The lowest BCUT2D eigenvalue weighted by Gasteiger charge is -2.46. The van der Waals surface area contributed by atoms with Crippen LogP contribution in [0, 0.1) is 11.3 Å². The van der Waals surface area contributed by atoms with Crippen molar-refractivity contribution in [3.8, 4) is 5.75 Å². The summed E-state index contributed by atoms with van der Waals surface area (Å²) in [7, 11) is 3.44. The van der Waals surface area contributed by atoms with E-state index in [2.05, 4.69) is 18.2 Å². The minimum Gasteiger partial charge on any atom is -0.497 e. The average Bonchev–Trinajstić information content (AvgIpc) is 3.06. The number of allylic oxidation sites excluding steroid dienone is 2. The minimum atomic E-state index is -0.164. The Balaban J connectivity index is 1.52. The van der Waals surface area contributed by atoms with Gasteiger partial charge in [-0.1, -0.05) is 11.6 Å². The van der Waals surface area contributed by atoms with Crippen molar-refractivity contribution in [1.82, 2.24) is 0 Å². The third-order valence-electron chi connectivity index (χ3n) is 7.40. The van der Waals surface area contributed by atoms with Crippen molar-refractivity contribution in [2.45, 2.75) is 57.5 Å². The zero-order valence-electron chi connectivity index (χ0n) is 17.3. The van der Waals surface area contributed by atoms with Crippen LogP contribution in [0.3, 0.4) is 0 Å². The Hall–Kier alpha value is -1.36. The molecule has 1 N–H and O–H groups in total. The van der Waals surface area contributed by atoms with Gasteiger partial charge in [0.1, 0.15) is 5.75 Å². The molecule has 1 aromatic rings. The molecule has 0 amide bonds. The van der Waals surface area contributed by atoms with Crippen LogP contribution in [-0.4, -0.2) is 45.3 Å². The topological polar surface area (TPSA) is 47.9 Å². The van der Waals surface area contributed by atoms with Gasteiger partial charge in [0.25, 0.3) is 0 Å². The summed E-state index contributed by atoms with van der Waals surface area (Å²) in [5, 5.41) is 11.0. The fourth-order valence-corrected chi connectivity index (χ4v) is 6.04. The smallest absolute Gasteiger partial charge is 0.119 e. The van der Waals surface area contributed by atoms with Gasteiger partial charge in [0.05, 0.1) is 26.4 Å². The Bertz CT molecular complexity index is 725. The zero-order chi connectivity index (χ0) is 19.6. The molecule has 4 rings (SSSR count). The lowest BCUT2D eigenvalue weighted by atomic mass is 9.60. The van der Waals surface area contributed by atoms with Gasteiger partial charge in [-0.2, -0.15) is 0 Å². The molecule has 1 fully saturated rings. The number of aliphatic hydroxyl groups excluding tert-OH is 1. The molecule has 0 radical (unpaired) electrons. The first kappa shape index (κ1) is 19.9. The van der Waals surface area contributed by atoms with E-state index < -0.39 is 0 Å². The van der Waals surface area contributed by atoms with Crippen molar-refractivity contribution in [3.63, 3.8) is 0 Å². The summed E-state index contributed by atoms with van der Waals surface area (Å²) in [6.07, 6.45) is 8.42. The van der Waals surface area contributed by atoms with Gasteiger partial charge in [-0.05, 0) is 86.1 Å². The van der Waals surface area contributed by atoms with E-state index in [-0.39, 0.29) is 11.5 Å². The minimum absolute atomic E-state index is 0.0629. The summed E-state index contributed by atoms with van der Waals surface area (Å²) >= 11 is 0. The summed E-state index contributed by atoms with van der Waals surface area (Å²) in [5.41, 5.74) is 6.12. The molecule has 1 unspecified atom stereocenters. The van der Waals surface area contributed by atoms with Gasteiger partial charge in [-0.3, -0.25) is 0 Å². The molecule has 3 aliphatic carbocycles. The Morgan fingerprint density at radius 3 is 2.79 bits per heavy atom. The number of rotatable bonds is 8. The van der Waals surface area contributed by atoms with E-state index in [4.69, 9.17) is 14.2 Å². The summed E-state index contributed by atoms with van der Waals surface area (Å²) in [6, 6.07) is 6.56. The van der Waals surface area contributed by atoms with E-state index in [1.54, 1.807) is 25.4 Å². The van der Waals surface area contributed by atoms with E-state index in [1.165, 1.54) is 11.1 Å². The monoisotopic (exact) mass is 386 g/mol. The standard InChI is InChI=1S/C24H34O4/c1-26-14-15-28-13-3-11-24-12-10-20-19-7-5-18(27-2)16-17(19)4-6-21(20)22(24)8-9-23(24)25/h5,7,16,22-23,25H,3-4,6,8-15H2,1-2H3/t22-,23?,24-/m0/s1. The SMILES string of the molecule is COCCOCCC[C@]12CCC3=C(CCc4cc(OC)ccc43)[C@@H]1CCC2O. The van der Waals surface area contributed by atoms with E-state index in [0.717, 1.165) is 63.7 Å². The highest BCUT2D eigenvalue weighted by Crippen LogP contribution is 2.60. The van der Waals surface area contributed by atoms with Gasteiger partial charge >= 0.3 is 0 Å². The molecule has 0 heterocycles. The summed E-state index contributed by atoms with van der Waals surface area (Å²) in [4.78, 5) is 0. The molecule has 0 spiro atoms. The summed E-state index contributed by atoms with van der Waals surface area (Å²) in [6.45, 7) is 2.07. The normalized spacial score (nSPS) is 28.7. The average molecular weight is 387 g/mol. The molecule has 28 heavy (non-hydrogen) atoms. The fourth-order valence-electron chi connectivity index (χ4n) is 6.04. The van der Waals surface area contributed by atoms with Crippen LogP contribution in [0.4, 0.5) is 0 Å². The molecule has 0 aromatic heterocycles. The quantitative estimate of drug-likeness (QED) is 0.673. The Morgan fingerprint density at radius 2 is 1.96 bits per heavy atom. The third kappa shape index (κ3) is 3.51. The second-order valence-corrected chi connectivity index (χ2v) is 8.61. The van der Waals surface area contributed by atoms with Crippen LogP contribution in [0.25, 0.3) is 5.57 Å². The van der Waals surface area contributed by atoms with Gasteiger partial charge in [0, 0.05) is 19.1 Å². The van der Waals surface area contributed by atoms with Crippen molar-refractivity contribution in [1.29, 1.82) is 0 Å². The van der Waals surface area contributed by atoms with E-state index in [1.807, 2.05) is 0 Å². The Morgan fingerprint density at radius 1 is 1.07 bits per heavy atom. The number of methoxy groups -OCH3 is 2.